The number of fused-ring (bicyclic) bond motifs is 1. The van der Waals surface area contributed by atoms with E-state index >= 15 is 0 Å². The minimum atomic E-state index is -0.713. The van der Waals surface area contributed by atoms with Gasteiger partial charge in [0.25, 0.3) is 0 Å². The zero-order valence-electron chi connectivity index (χ0n) is 11.4. The van der Waals surface area contributed by atoms with Crippen molar-refractivity contribution in [2.24, 2.45) is 7.05 Å². The summed E-state index contributed by atoms with van der Waals surface area (Å²) in [7, 11) is 3.35. The van der Waals surface area contributed by atoms with Crippen LogP contribution in [0.4, 0.5) is 0 Å². The predicted octanol–water partition coefficient (Wildman–Crippen LogP) is 1.51. The van der Waals surface area contributed by atoms with Crippen molar-refractivity contribution in [1.82, 2.24) is 19.3 Å². The van der Waals surface area contributed by atoms with E-state index in [9.17, 15) is 5.11 Å². The molecule has 1 aromatic carbocycles. The number of rotatable bonds is 4. The van der Waals surface area contributed by atoms with E-state index in [0.29, 0.717) is 18.0 Å². The molecule has 3 rings (SSSR count). The van der Waals surface area contributed by atoms with E-state index in [4.69, 9.17) is 4.74 Å². The number of ether oxygens (including phenoxy) is 1. The van der Waals surface area contributed by atoms with Crippen molar-refractivity contribution >= 4 is 11.0 Å². The minimum Gasteiger partial charge on any atom is -0.493 e. The Morgan fingerprint density at radius 2 is 2.15 bits per heavy atom. The minimum absolute atomic E-state index is 0.399. The Morgan fingerprint density at radius 3 is 2.95 bits per heavy atom. The Bertz CT molecular complexity index is 732. The number of imidazole rings is 1. The maximum Gasteiger partial charge on any atom is 0.162 e. The molecule has 104 valence electrons. The lowest BCUT2D eigenvalue weighted by Gasteiger charge is -2.14. The third-order valence-corrected chi connectivity index (χ3v) is 3.38. The standard InChI is InChI=1S/C14H16N4O2/c1-17-14(13(20-2)7-16-17)12(19)8-18-9-15-10-5-3-4-6-11(10)18/h3-7,9,12,19H,8H2,1-2H3. The van der Waals surface area contributed by atoms with E-state index in [1.54, 1.807) is 31.4 Å². The molecule has 3 aromatic rings. The zero-order valence-corrected chi connectivity index (χ0v) is 11.4. The molecule has 2 aromatic heterocycles. The van der Waals surface area contributed by atoms with Crippen molar-refractivity contribution in [2.75, 3.05) is 7.11 Å². The van der Waals surface area contributed by atoms with Crippen molar-refractivity contribution in [3.8, 4) is 5.75 Å². The Hall–Kier alpha value is -2.34. The molecule has 0 aliphatic carbocycles. The third kappa shape index (κ3) is 2.04. The summed E-state index contributed by atoms with van der Waals surface area (Å²) < 4.78 is 8.78. The van der Waals surface area contributed by atoms with Crippen LogP contribution in [-0.2, 0) is 13.6 Å². The first kappa shape index (κ1) is 12.7. The molecule has 0 spiro atoms. The number of para-hydroxylation sites is 2. The van der Waals surface area contributed by atoms with E-state index in [1.807, 2.05) is 28.8 Å². The van der Waals surface area contributed by atoms with Crippen molar-refractivity contribution < 1.29 is 9.84 Å². The Morgan fingerprint density at radius 1 is 1.35 bits per heavy atom. The summed E-state index contributed by atoms with van der Waals surface area (Å²) in [6, 6.07) is 7.83. The molecule has 0 bridgehead atoms. The van der Waals surface area contributed by atoms with Gasteiger partial charge < -0.3 is 14.4 Å². The van der Waals surface area contributed by atoms with Crippen LogP contribution in [-0.4, -0.2) is 31.5 Å². The fraction of sp³-hybridized carbons (Fsp3) is 0.286. The molecule has 0 saturated heterocycles. The van der Waals surface area contributed by atoms with Gasteiger partial charge in [-0.1, -0.05) is 12.1 Å². The Kier molecular flexibility index (Phi) is 3.15. The van der Waals surface area contributed by atoms with Crippen molar-refractivity contribution in [3.05, 3.63) is 42.5 Å². The number of benzene rings is 1. The second-order valence-electron chi connectivity index (χ2n) is 4.62. The number of hydrogen-bond acceptors (Lipinski definition) is 4. The lowest BCUT2D eigenvalue weighted by Crippen LogP contribution is -2.12. The summed E-state index contributed by atoms with van der Waals surface area (Å²) in [5.74, 6) is 0.587. The molecule has 0 saturated carbocycles. The summed E-state index contributed by atoms with van der Waals surface area (Å²) in [5.41, 5.74) is 2.56. The largest absolute Gasteiger partial charge is 0.493 e. The second-order valence-corrected chi connectivity index (χ2v) is 4.62. The molecule has 1 N–H and O–H groups in total. The molecule has 0 radical (unpaired) electrons. The lowest BCUT2D eigenvalue weighted by atomic mass is 10.2. The van der Waals surface area contributed by atoms with Crippen molar-refractivity contribution in [2.45, 2.75) is 12.6 Å². The molecule has 20 heavy (non-hydrogen) atoms. The van der Waals surface area contributed by atoms with Gasteiger partial charge in [-0.15, -0.1) is 0 Å². The number of nitrogens with zero attached hydrogens (tertiary/aromatic N) is 4. The first-order chi connectivity index (χ1) is 9.70. The SMILES string of the molecule is COc1cnn(C)c1C(O)Cn1cnc2ccccc21. The first-order valence-electron chi connectivity index (χ1n) is 6.34. The monoisotopic (exact) mass is 272 g/mol. The fourth-order valence-electron chi connectivity index (χ4n) is 2.39. The van der Waals surface area contributed by atoms with Gasteiger partial charge in [0, 0.05) is 7.05 Å². The molecule has 6 nitrogen and oxygen atoms in total. The fourth-order valence-corrected chi connectivity index (χ4v) is 2.39. The van der Waals surface area contributed by atoms with Crippen LogP contribution in [0.3, 0.4) is 0 Å². The van der Waals surface area contributed by atoms with Gasteiger partial charge in [0.1, 0.15) is 11.8 Å². The van der Waals surface area contributed by atoms with Crippen molar-refractivity contribution in [3.63, 3.8) is 0 Å². The van der Waals surface area contributed by atoms with Gasteiger partial charge >= 0.3 is 0 Å². The second kappa shape index (κ2) is 4.97. The molecule has 6 heteroatoms. The number of hydrogen-bond donors (Lipinski definition) is 1. The van der Waals surface area contributed by atoms with Crippen LogP contribution in [0.2, 0.25) is 0 Å². The van der Waals surface area contributed by atoms with Gasteiger partial charge in [0.15, 0.2) is 5.75 Å². The van der Waals surface area contributed by atoms with E-state index < -0.39 is 6.10 Å². The Labute approximate surface area is 116 Å². The highest BCUT2D eigenvalue weighted by atomic mass is 16.5. The van der Waals surface area contributed by atoms with E-state index in [-0.39, 0.29) is 0 Å². The summed E-state index contributed by atoms with van der Waals surface area (Å²) in [6.45, 7) is 0.399. The average molecular weight is 272 g/mol. The quantitative estimate of drug-likeness (QED) is 0.782. The van der Waals surface area contributed by atoms with Gasteiger partial charge in [0.05, 0.1) is 37.2 Å². The summed E-state index contributed by atoms with van der Waals surface area (Å²) in [6.07, 6.45) is 2.62. The summed E-state index contributed by atoms with van der Waals surface area (Å²) in [4.78, 5) is 4.32. The molecule has 1 unspecified atom stereocenters. The highest BCUT2D eigenvalue weighted by Gasteiger charge is 2.19. The maximum atomic E-state index is 10.4. The normalized spacial score (nSPS) is 12.8. The highest BCUT2D eigenvalue weighted by Crippen LogP contribution is 2.26. The molecule has 0 fully saturated rings. The number of aliphatic hydroxyl groups is 1. The van der Waals surface area contributed by atoms with Gasteiger partial charge in [-0.25, -0.2) is 4.98 Å². The van der Waals surface area contributed by atoms with Crippen molar-refractivity contribution in [1.29, 1.82) is 0 Å². The van der Waals surface area contributed by atoms with Crippen LogP contribution < -0.4 is 4.74 Å². The lowest BCUT2D eigenvalue weighted by molar-refractivity contribution is 0.145. The van der Waals surface area contributed by atoms with Crippen LogP contribution in [0.5, 0.6) is 5.75 Å². The topological polar surface area (TPSA) is 65.1 Å². The molecular weight excluding hydrogens is 256 g/mol. The number of aromatic nitrogens is 4. The van der Waals surface area contributed by atoms with E-state index in [1.165, 1.54) is 0 Å². The third-order valence-electron chi connectivity index (χ3n) is 3.38. The van der Waals surface area contributed by atoms with E-state index in [2.05, 4.69) is 10.1 Å². The van der Waals surface area contributed by atoms with Gasteiger partial charge in [-0.05, 0) is 12.1 Å². The van der Waals surface area contributed by atoms with Gasteiger partial charge in [-0.2, -0.15) is 5.10 Å². The molecule has 0 amide bonds. The molecule has 1 atom stereocenters. The highest BCUT2D eigenvalue weighted by molar-refractivity contribution is 5.74. The first-order valence-corrected chi connectivity index (χ1v) is 6.34. The summed E-state index contributed by atoms with van der Waals surface area (Å²) >= 11 is 0. The smallest absolute Gasteiger partial charge is 0.162 e. The van der Waals surface area contributed by atoms with Crippen LogP contribution in [0, 0.1) is 0 Å². The maximum absolute atomic E-state index is 10.4. The average Bonchev–Trinajstić information content (AvgIpc) is 3.03. The number of aryl methyl sites for hydroxylation is 1. The van der Waals surface area contributed by atoms with Crippen LogP contribution in [0.15, 0.2) is 36.8 Å². The molecule has 0 aliphatic rings. The molecule has 0 aliphatic heterocycles. The molecular formula is C14H16N4O2. The van der Waals surface area contributed by atoms with Crippen LogP contribution in [0.1, 0.15) is 11.8 Å². The molecule has 2 heterocycles. The van der Waals surface area contributed by atoms with Gasteiger partial charge in [0.2, 0.25) is 0 Å². The number of aliphatic hydroxyl groups excluding tert-OH is 1. The predicted molar refractivity (Wildman–Crippen MR) is 74.5 cm³/mol. The number of methoxy groups -OCH3 is 1. The van der Waals surface area contributed by atoms with Gasteiger partial charge in [-0.3, -0.25) is 4.68 Å². The Balaban J connectivity index is 1.92. The van der Waals surface area contributed by atoms with Crippen LogP contribution >= 0.6 is 0 Å². The summed E-state index contributed by atoms with van der Waals surface area (Å²) in [5, 5.41) is 14.6. The van der Waals surface area contributed by atoms with E-state index in [0.717, 1.165) is 11.0 Å². The van der Waals surface area contributed by atoms with Crippen LogP contribution in [0.25, 0.3) is 11.0 Å². The zero-order chi connectivity index (χ0) is 14.1.